The monoisotopic (exact) mass is 314 g/mol. The van der Waals surface area contributed by atoms with Crippen LogP contribution >= 0.6 is 0 Å². The summed E-state index contributed by atoms with van der Waals surface area (Å²) in [7, 11) is 0. The Kier molecular flexibility index (Phi) is 3.39. The molecule has 3 heterocycles. The van der Waals surface area contributed by atoms with Crippen LogP contribution in [0.5, 0.6) is 0 Å². The molecule has 2 aliphatic carbocycles. The van der Waals surface area contributed by atoms with E-state index in [1.165, 1.54) is 25.3 Å². The van der Waals surface area contributed by atoms with Crippen molar-refractivity contribution in [3.63, 3.8) is 0 Å². The maximum absolute atomic E-state index is 13.0. The maximum atomic E-state index is 13.0. The highest BCUT2D eigenvalue weighted by Gasteiger charge is 2.44. The summed E-state index contributed by atoms with van der Waals surface area (Å²) >= 11 is 0. The van der Waals surface area contributed by atoms with Crippen molar-refractivity contribution in [1.29, 1.82) is 0 Å². The van der Waals surface area contributed by atoms with Crippen molar-refractivity contribution in [2.24, 2.45) is 17.8 Å². The molecule has 23 heavy (non-hydrogen) atoms. The molecule has 4 bridgehead atoms. The van der Waals surface area contributed by atoms with E-state index in [9.17, 15) is 9.59 Å². The predicted octanol–water partition coefficient (Wildman–Crippen LogP) is 2.74. The number of nitrogens with zero attached hydrogens (tertiary/aromatic N) is 2. The Morgan fingerprint density at radius 1 is 1.09 bits per heavy atom. The molecular formula is C18H22N2O3. The van der Waals surface area contributed by atoms with Crippen LogP contribution in [0.2, 0.25) is 0 Å². The standard InChI is InChI=1S/C18H22N2O3/c1-10-15(18(22)23)2-3-16(19-10)17(21)20-9-13-5-11-4-12(6-13)8-14(20)7-11/h2-3,11-14H,4-9H2,1H3,(H,22,23). The van der Waals surface area contributed by atoms with Crippen molar-refractivity contribution in [2.75, 3.05) is 6.54 Å². The third-order valence-electron chi connectivity index (χ3n) is 5.90. The first-order chi connectivity index (χ1) is 11.0. The fourth-order valence-corrected chi connectivity index (χ4v) is 5.09. The van der Waals surface area contributed by atoms with Crippen molar-refractivity contribution >= 4 is 11.9 Å². The van der Waals surface area contributed by atoms with E-state index in [0.29, 0.717) is 23.3 Å². The quantitative estimate of drug-likeness (QED) is 0.911. The number of fused-ring (bicyclic) bond motifs is 1. The van der Waals surface area contributed by atoms with Gasteiger partial charge < -0.3 is 10.0 Å². The number of aromatic carboxylic acids is 1. The van der Waals surface area contributed by atoms with Crippen LogP contribution in [0.3, 0.4) is 0 Å². The van der Waals surface area contributed by atoms with Gasteiger partial charge in [-0.05, 0) is 68.9 Å². The number of carboxylic acid groups (broad SMARTS) is 1. The number of hydrogen-bond acceptors (Lipinski definition) is 3. The lowest BCUT2D eigenvalue weighted by Gasteiger charge is -2.38. The molecule has 1 N–H and O–H groups in total. The Balaban J connectivity index is 1.61. The van der Waals surface area contributed by atoms with Crippen LogP contribution < -0.4 is 0 Å². The molecule has 5 heteroatoms. The summed E-state index contributed by atoms with van der Waals surface area (Å²) in [6.07, 6.45) is 6.14. The van der Waals surface area contributed by atoms with Gasteiger partial charge in [0, 0.05) is 12.6 Å². The van der Waals surface area contributed by atoms with Gasteiger partial charge in [0.15, 0.2) is 0 Å². The van der Waals surface area contributed by atoms with Gasteiger partial charge in [-0.25, -0.2) is 9.78 Å². The fraction of sp³-hybridized carbons (Fsp3) is 0.611. The minimum absolute atomic E-state index is 0.0248. The molecule has 4 fully saturated rings. The smallest absolute Gasteiger partial charge is 0.337 e. The number of aromatic nitrogens is 1. The number of carbonyl (C=O) groups is 2. The van der Waals surface area contributed by atoms with Gasteiger partial charge in [0.25, 0.3) is 5.91 Å². The summed E-state index contributed by atoms with van der Waals surface area (Å²) in [6.45, 7) is 2.49. The average Bonchev–Trinajstić information content (AvgIpc) is 2.69. The molecule has 2 unspecified atom stereocenters. The molecule has 2 saturated heterocycles. The SMILES string of the molecule is Cc1nc(C(=O)N2CC3CC4CC(C3)CC2C4)ccc1C(=O)O. The van der Waals surface area contributed by atoms with Gasteiger partial charge in [0.2, 0.25) is 0 Å². The van der Waals surface area contributed by atoms with Gasteiger partial charge in [-0.15, -0.1) is 0 Å². The first-order valence-corrected chi connectivity index (χ1v) is 8.53. The van der Waals surface area contributed by atoms with E-state index in [-0.39, 0.29) is 11.5 Å². The Morgan fingerprint density at radius 3 is 2.35 bits per heavy atom. The summed E-state index contributed by atoms with van der Waals surface area (Å²) in [5, 5.41) is 9.10. The van der Waals surface area contributed by atoms with Gasteiger partial charge >= 0.3 is 5.97 Å². The third-order valence-corrected chi connectivity index (χ3v) is 5.90. The van der Waals surface area contributed by atoms with Crippen LogP contribution in [-0.4, -0.2) is 39.5 Å². The zero-order valence-electron chi connectivity index (χ0n) is 13.4. The first kappa shape index (κ1) is 14.7. The van der Waals surface area contributed by atoms with E-state index in [0.717, 1.165) is 31.2 Å². The van der Waals surface area contributed by atoms with Crippen LogP contribution in [0.15, 0.2) is 12.1 Å². The zero-order valence-corrected chi connectivity index (χ0v) is 13.4. The molecule has 1 amide bonds. The number of carbonyl (C=O) groups excluding carboxylic acids is 1. The molecule has 122 valence electrons. The lowest BCUT2D eigenvalue weighted by atomic mass is 9.68. The lowest BCUT2D eigenvalue weighted by molar-refractivity contribution is 0.0623. The highest BCUT2D eigenvalue weighted by Crippen LogP contribution is 2.47. The summed E-state index contributed by atoms with van der Waals surface area (Å²) in [5.74, 6) is 1.19. The van der Waals surface area contributed by atoms with Crippen LogP contribution in [-0.2, 0) is 0 Å². The second kappa shape index (κ2) is 5.32. The molecule has 0 aromatic carbocycles. The number of pyridine rings is 1. The highest BCUT2D eigenvalue weighted by atomic mass is 16.4. The fourth-order valence-electron chi connectivity index (χ4n) is 5.09. The van der Waals surface area contributed by atoms with Crippen molar-refractivity contribution in [1.82, 2.24) is 9.88 Å². The molecule has 1 aromatic rings. The molecule has 2 saturated carbocycles. The Hall–Kier alpha value is -1.91. The molecule has 5 nitrogen and oxygen atoms in total. The van der Waals surface area contributed by atoms with Gasteiger partial charge in [-0.2, -0.15) is 0 Å². The minimum atomic E-state index is -1.00. The van der Waals surface area contributed by atoms with Crippen molar-refractivity contribution in [3.8, 4) is 0 Å². The van der Waals surface area contributed by atoms with Gasteiger partial charge in [0.05, 0.1) is 11.3 Å². The van der Waals surface area contributed by atoms with Crippen molar-refractivity contribution in [3.05, 3.63) is 29.1 Å². The van der Waals surface area contributed by atoms with Crippen molar-refractivity contribution < 1.29 is 14.7 Å². The van der Waals surface area contributed by atoms with E-state index < -0.39 is 5.97 Å². The normalized spacial score (nSPS) is 32.0. The number of hydrogen-bond donors (Lipinski definition) is 1. The number of rotatable bonds is 2. The Bertz CT molecular complexity index is 658. The molecule has 5 rings (SSSR count). The summed E-state index contributed by atoms with van der Waals surface area (Å²) < 4.78 is 0. The largest absolute Gasteiger partial charge is 0.478 e. The van der Waals surface area contributed by atoms with Gasteiger partial charge in [-0.3, -0.25) is 4.79 Å². The number of carboxylic acids is 1. The molecule has 0 radical (unpaired) electrons. The molecule has 2 aliphatic heterocycles. The Labute approximate surface area is 135 Å². The Morgan fingerprint density at radius 2 is 1.74 bits per heavy atom. The van der Waals surface area contributed by atoms with E-state index in [2.05, 4.69) is 4.98 Å². The van der Waals surface area contributed by atoms with E-state index in [1.54, 1.807) is 13.0 Å². The van der Waals surface area contributed by atoms with Crippen LogP contribution in [0.1, 0.15) is 58.6 Å². The average molecular weight is 314 g/mol. The summed E-state index contributed by atoms with van der Waals surface area (Å²) in [4.78, 5) is 30.4. The topological polar surface area (TPSA) is 70.5 Å². The lowest BCUT2D eigenvalue weighted by Crippen LogP contribution is -2.42. The zero-order chi connectivity index (χ0) is 16.1. The van der Waals surface area contributed by atoms with Crippen molar-refractivity contribution in [2.45, 2.75) is 45.1 Å². The summed E-state index contributed by atoms with van der Waals surface area (Å²) in [6, 6.07) is 3.41. The highest BCUT2D eigenvalue weighted by molar-refractivity contribution is 5.94. The minimum Gasteiger partial charge on any atom is -0.478 e. The third kappa shape index (κ3) is 2.52. The number of aryl methyl sites for hydroxylation is 1. The van der Waals surface area contributed by atoms with E-state index in [4.69, 9.17) is 5.11 Å². The maximum Gasteiger partial charge on any atom is 0.337 e. The molecule has 4 aliphatic rings. The van der Waals surface area contributed by atoms with Crippen LogP contribution in [0.4, 0.5) is 0 Å². The first-order valence-electron chi connectivity index (χ1n) is 8.53. The van der Waals surface area contributed by atoms with Gasteiger partial charge in [-0.1, -0.05) is 0 Å². The van der Waals surface area contributed by atoms with Crippen LogP contribution in [0, 0.1) is 24.7 Å². The molecule has 1 aromatic heterocycles. The second-order valence-electron chi connectivity index (χ2n) is 7.52. The van der Waals surface area contributed by atoms with E-state index in [1.807, 2.05) is 4.90 Å². The number of amides is 1. The van der Waals surface area contributed by atoms with E-state index >= 15 is 0 Å². The predicted molar refractivity (Wildman–Crippen MR) is 84.3 cm³/mol. The van der Waals surface area contributed by atoms with Crippen LogP contribution in [0.25, 0.3) is 0 Å². The summed E-state index contributed by atoms with van der Waals surface area (Å²) in [5.41, 5.74) is 0.954. The molecule has 0 spiro atoms. The van der Waals surface area contributed by atoms with Gasteiger partial charge in [0.1, 0.15) is 5.69 Å². The molecule has 2 atom stereocenters. The second-order valence-corrected chi connectivity index (χ2v) is 7.52. The molecular weight excluding hydrogens is 292 g/mol.